The molecule has 0 saturated heterocycles. The van der Waals surface area contributed by atoms with E-state index < -0.39 is 6.10 Å². The van der Waals surface area contributed by atoms with Crippen molar-refractivity contribution in [3.8, 4) is 5.75 Å². The van der Waals surface area contributed by atoms with E-state index in [9.17, 15) is 15.3 Å². The van der Waals surface area contributed by atoms with Gasteiger partial charge in [0.15, 0.2) is 0 Å². The maximum Gasteiger partial charge on any atom is 0.122 e. The Kier molecular flexibility index (Phi) is 9.96. The van der Waals surface area contributed by atoms with E-state index in [4.69, 9.17) is 4.74 Å². The summed E-state index contributed by atoms with van der Waals surface area (Å²) in [5.41, 5.74) is 5.14. The Balaban J connectivity index is 2.24. The molecule has 0 amide bonds. The van der Waals surface area contributed by atoms with Gasteiger partial charge >= 0.3 is 0 Å². The second-order valence-corrected chi connectivity index (χ2v) is 10.3. The van der Waals surface area contributed by atoms with Crippen molar-refractivity contribution in [1.29, 1.82) is 0 Å². The molecule has 0 aliphatic carbocycles. The summed E-state index contributed by atoms with van der Waals surface area (Å²) in [5, 5.41) is 29.5. The van der Waals surface area contributed by atoms with Crippen LogP contribution in [0, 0.1) is 5.41 Å². The summed E-state index contributed by atoms with van der Waals surface area (Å²) in [6, 6.07) is 12.6. The lowest BCUT2D eigenvalue weighted by atomic mass is 9.71. The Morgan fingerprint density at radius 2 is 1.52 bits per heavy atom. The highest BCUT2D eigenvalue weighted by Crippen LogP contribution is 2.39. The molecule has 3 N–H and O–H groups in total. The quantitative estimate of drug-likeness (QED) is 0.383. The Labute approximate surface area is 200 Å². The van der Waals surface area contributed by atoms with E-state index >= 15 is 0 Å². The molecule has 1 unspecified atom stereocenters. The Morgan fingerprint density at radius 3 is 2.06 bits per heavy atom. The number of aliphatic hydroxyl groups excluding tert-OH is 3. The van der Waals surface area contributed by atoms with E-state index in [1.165, 1.54) is 16.7 Å². The van der Waals surface area contributed by atoms with Crippen LogP contribution >= 0.6 is 0 Å². The maximum absolute atomic E-state index is 10.4. The van der Waals surface area contributed by atoms with Crippen molar-refractivity contribution in [2.24, 2.45) is 5.41 Å². The fourth-order valence-electron chi connectivity index (χ4n) is 4.42. The number of aliphatic hydroxyl groups is 3. The normalized spacial score (nSPS) is 13.2. The molecule has 4 heteroatoms. The molecule has 0 aromatic heterocycles. The van der Waals surface area contributed by atoms with Gasteiger partial charge in [0.1, 0.15) is 12.4 Å². The van der Waals surface area contributed by atoms with Crippen LogP contribution in [0.1, 0.15) is 88.6 Å². The van der Waals surface area contributed by atoms with Crippen molar-refractivity contribution >= 4 is 0 Å². The molecule has 0 radical (unpaired) electrons. The molecule has 4 nitrogen and oxygen atoms in total. The van der Waals surface area contributed by atoms with Crippen LogP contribution in [0.5, 0.6) is 5.75 Å². The number of ether oxygens (including phenoxy) is 1. The van der Waals surface area contributed by atoms with Crippen molar-refractivity contribution < 1.29 is 20.1 Å². The Bertz CT molecular complexity index is 878. The molecule has 2 aromatic rings. The first-order valence-electron chi connectivity index (χ1n) is 12.4. The number of aryl methyl sites for hydroxylation is 2. The predicted octanol–water partition coefficient (Wildman–Crippen LogP) is 5.71. The average Bonchev–Trinajstić information content (AvgIpc) is 2.82. The summed E-state index contributed by atoms with van der Waals surface area (Å²) in [5.74, 6) is 0.859. The van der Waals surface area contributed by atoms with Gasteiger partial charge in [-0.15, -0.1) is 0 Å². The highest BCUT2D eigenvalue weighted by atomic mass is 16.5. The summed E-state index contributed by atoms with van der Waals surface area (Å²) in [4.78, 5) is 0. The molecule has 1 atom stereocenters. The SMILES string of the molecule is CCc1cc(C(CC)(CC)CCc2ccc(CO)c(CO)c2)ccc1OCC(O)C(C)(C)C. The first kappa shape index (κ1) is 27.4. The van der Waals surface area contributed by atoms with Crippen LogP contribution in [0.3, 0.4) is 0 Å². The monoisotopic (exact) mass is 456 g/mol. The second kappa shape index (κ2) is 12.0. The number of hydrogen-bond donors (Lipinski definition) is 3. The topological polar surface area (TPSA) is 69.9 Å². The summed E-state index contributed by atoms with van der Waals surface area (Å²) in [6.45, 7) is 12.9. The predicted molar refractivity (Wildman–Crippen MR) is 136 cm³/mol. The molecule has 0 fully saturated rings. The van der Waals surface area contributed by atoms with Gasteiger partial charge in [-0.05, 0) is 76.8 Å². The minimum absolute atomic E-state index is 0.0506. The lowest BCUT2D eigenvalue weighted by molar-refractivity contribution is 0.0215. The molecule has 33 heavy (non-hydrogen) atoms. The molecule has 2 aromatic carbocycles. The zero-order valence-corrected chi connectivity index (χ0v) is 21.4. The molecule has 0 aliphatic heterocycles. The Hall–Kier alpha value is -1.88. The van der Waals surface area contributed by atoms with E-state index in [1.54, 1.807) is 0 Å². The molecular formula is C29H44O4. The number of benzene rings is 2. The van der Waals surface area contributed by atoms with Crippen LogP contribution < -0.4 is 4.74 Å². The zero-order chi connectivity index (χ0) is 24.6. The molecule has 0 saturated carbocycles. The van der Waals surface area contributed by atoms with Crippen molar-refractivity contribution in [3.63, 3.8) is 0 Å². The molecular weight excluding hydrogens is 412 g/mol. The minimum atomic E-state index is -0.520. The summed E-state index contributed by atoms with van der Waals surface area (Å²) in [7, 11) is 0. The number of hydrogen-bond acceptors (Lipinski definition) is 4. The van der Waals surface area contributed by atoms with Gasteiger partial charge in [0.05, 0.1) is 19.3 Å². The Morgan fingerprint density at radius 1 is 0.848 bits per heavy atom. The molecule has 2 rings (SSSR count). The van der Waals surface area contributed by atoms with Gasteiger partial charge in [-0.1, -0.05) is 71.9 Å². The third-order valence-electron chi connectivity index (χ3n) is 7.31. The third kappa shape index (κ3) is 6.81. The summed E-state index contributed by atoms with van der Waals surface area (Å²) < 4.78 is 6.03. The molecule has 184 valence electrons. The summed E-state index contributed by atoms with van der Waals surface area (Å²) >= 11 is 0. The van der Waals surface area contributed by atoms with E-state index in [2.05, 4.69) is 45.0 Å². The van der Waals surface area contributed by atoms with Gasteiger partial charge in [-0.25, -0.2) is 0 Å². The van der Waals surface area contributed by atoms with Crippen molar-refractivity contribution in [3.05, 3.63) is 64.2 Å². The van der Waals surface area contributed by atoms with Crippen LogP contribution in [0.15, 0.2) is 36.4 Å². The average molecular weight is 457 g/mol. The molecule has 0 spiro atoms. The fraction of sp³-hybridized carbons (Fsp3) is 0.586. The number of rotatable bonds is 12. The van der Waals surface area contributed by atoms with Gasteiger partial charge in [0, 0.05) is 0 Å². The van der Waals surface area contributed by atoms with Crippen LogP contribution in [-0.4, -0.2) is 28.0 Å². The third-order valence-corrected chi connectivity index (χ3v) is 7.31. The van der Waals surface area contributed by atoms with E-state index in [-0.39, 0.29) is 24.0 Å². The van der Waals surface area contributed by atoms with Crippen LogP contribution in [-0.2, 0) is 31.5 Å². The first-order valence-corrected chi connectivity index (χ1v) is 12.4. The van der Waals surface area contributed by atoms with Crippen LogP contribution in [0.2, 0.25) is 0 Å². The van der Waals surface area contributed by atoms with Crippen molar-refractivity contribution in [2.75, 3.05) is 6.61 Å². The van der Waals surface area contributed by atoms with Crippen molar-refractivity contribution in [2.45, 2.75) is 98.4 Å². The van der Waals surface area contributed by atoms with Gasteiger partial charge in [0.25, 0.3) is 0 Å². The highest BCUT2D eigenvalue weighted by Gasteiger charge is 2.29. The van der Waals surface area contributed by atoms with E-state index in [0.29, 0.717) is 6.61 Å². The summed E-state index contributed by atoms with van der Waals surface area (Å²) in [6.07, 6.45) is 4.36. The van der Waals surface area contributed by atoms with E-state index in [1.807, 2.05) is 32.9 Å². The molecule has 0 bridgehead atoms. The lowest BCUT2D eigenvalue weighted by Crippen LogP contribution is -2.32. The molecule has 0 aliphatic rings. The van der Waals surface area contributed by atoms with Crippen LogP contribution in [0.4, 0.5) is 0 Å². The lowest BCUT2D eigenvalue weighted by Gasteiger charge is -2.34. The fourth-order valence-corrected chi connectivity index (χ4v) is 4.42. The zero-order valence-electron chi connectivity index (χ0n) is 21.4. The van der Waals surface area contributed by atoms with Gasteiger partial charge in [0.2, 0.25) is 0 Å². The smallest absolute Gasteiger partial charge is 0.122 e. The standard InChI is InChI=1S/C29H44O4/c1-7-22-17-25(12-13-26(22)33-20-27(32)28(4,5)6)29(8-2,9-3)15-14-21-10-11-23(18-30)24(16-21)19-31/h10-13,16-17,27,30-32H,7-9,14-15,18-20H2,1-6H3. The van der Waals surface area contributed by atoms with Crippen molar-refractivity contribution in [1.82, 2.24) is 0 Å². The largest absolute Gasteiger partial charge is 0.491 e. The highest BCUT2D eigenvalue weighted by molar-refractivity contribution is 5.41. The van der Waals surface area contributed by atoms with Gasteiger partial charge in [-0.2, -0.15) is 0 Å². The first-order chi connectivity index (χ1) is 15.6. The molecule has 0 heterocycles. The minimum Gasteiger partial charge on any atom is -0.491 e. The maximum atomic E-state index is 10.4. The van der Waals surface area contributed by atoms with Gasteiger partial charge in [-0.3, -0.25) is 0 Å². The van der Waals surface area contributed by atoms with E-state index in [0.717, 1.165) is 49.0 Å². The van der Waals surface area contributed by atoms with Crippen LogP contribution in [0.25, 0.3) is 0 Å². The van der Waals surface area contributed by atoms with Gasteiger partial charge < -0.3 is 20.1 Å². The second-order valence-electron chi connectivity index (χ2n) is 10.3.